The van der Waals surface area contributed by atoms with Crippen molar-refractivity contribution in [3.63, 3.8) is 0 Å². The first-order valence-corrected chi connectivity index (χ1v) is 4.27. The third kappa shape index (κ3) is 2.44. The molecule has 0 saturated carbocycles. The number of Topliss-reactive ketones (excluding diaryl/α,β-unsaturated/α-hetero) is 1. The van der Waals surface area contributed by atoms with Gasteiger partial charge >= 0.3 is 0 Å². The summed E-state index contributed by atoms with van der Waals surface area (Å²) < 4.78 is 5.13. The average molecular weight is 224 g/mol. The maximum atomic E-state index is 11.1. The molecular weight excluding hydrogens is 214 g/mol. The van der Waals surface area contributed by atoms with E-state index < -0.39 is 0 Å². The normalized spacial score (nSPS) is 9.40. The molecule has 0 amide bonds. The second kappa shape index (κ2) is 4.75. The van der Waals surface area contributed by atoms with E-state index in [4.69, 9.17) is 4.42 Å². The van der Waals surface area contributed by atoms with Crippen LogP contribution >= 0.6 is 12.4 Å². The Kier molecular flexibility index (Phi) is 3.63. The predicted octanol–water partition coefficient (Wildman–Crippen LogP) is 2.97. The summed E-state index contributed by atoms with van der Waals surface area (Å²) in [6, 6.07) is 7.28. The fourth-order valence-corrected chi connectivity index (χ4v) is 1.25. The Labute approximate surface area is 93.5 Å². The van der Waals surface area contributed by atoms with E-state index >= 15 is 0 Å². The van der Waals surface area contributed by atoms with E-state index in [0.29, 0.717) is 11.3 Å². The van der Waals surface area contributed by atoms with Gasteiger partial charge in [-0.25, -0.2) is 4.98 Å². The summed E-state index contributed by atoms with van der Waals surface area (Å²) in [6.07, 6.45) is 3.00. The lowest BCUT2D eigenvalue weighted by molar-refractivity contribution is 0.101. The van der Waals surface area contributed by atoms with Gasteiger partial charge in [0.05, 0.1) is 6.20 Å². The highest BCUT2D eigenvalue weighted by atomic mass is 35.5. The molecule has 0 bridgehead atoms. The van der Waals surface area contributed by atoms with E-state index in [1.807, 2.05) is 12.1 Å². The fraction of sp³-hybridized carbons (Fsp3) is 0.0909. The largest absolute Gasteiger partial charge is 0.444 e. The lowest BCUT2D eigenvalue weighted by atomic mass is 10.1. The first kappa shape index (κ1) is 11.5. The van der Waals surface area contributed by atoms with Crippen molar-refractivity contribution >= 4 is 18.2 Å². The minimum absolute atomic E-state index is 0. The van der Waals surface area contributed by atoms with E-state index in [1.165, 1.54) is 6.39 Å². The van der Waals surface area contributed by atoms with Gasteiger partial charge in [-0.15, -0.1) is 12.4 Å². The molecule has 78 valence electrons. The lowest BCUT2D eigenvalue weighted by Crippen LogP contribution is -1.91. The van der Waals surface area contributed by atoms with E-state index in [0.717, 1.165) is 5.56 Å². The van der Waals surface area contributed by atoms with Gasteiger partial charge < -0.3 is 4.42 Å². The Balaban J connectivity index is 0.00000112. The van der Waals surface area contributed by atoms with Crippen LogP contribution in [0.15, 0.2) is 41.3 Å². The molecule has 1 heterocycles. The molecule has 0 spiro atoms. The quantitative estimate of drug-likeness (QED) is 0.736. The van der Waals surface area contributed by atoms with Gasteiger partial charge in [0.2, 0.25) is 0 Å². The Morgan fingerprint density at radius 1 is 1.40 bits per heavy atom. The standard InChI is InChI=1S/C11H9NO2.ClH/c1-8(13)9-3-2-4-10(5-9)11-6-12-7-14-11;/h2-7H,1H3;1H. The van der Waals surface area contributed by atoms with Crippen molar-refractivity contribution in [3.05, 3.63) is 42.4 Å². The van der Waals surface area contributed by atoms with E-state index in [-0.39, 0.29) is 18.2 Å². The number of hydrogen-bond acceptors (Lipinski definition) is 3. The van der Waals surface area contributed by atoms with Crippen molar-refractivity contribution in [3.8, 4) is 11.3 Å². The first-order valence-electron chi connectivity index (χ1n) is 4.27. The molecule has 3 nitrogen and oxygen atoms in total. The van der Waals surface area contributed by atoms with Crippen LogP contribution in [0.25, 0.3) is 11.3 Å². The van der Waals surface area contributed by atoms with Crippen molar-refractivity contribution in [1.29, 1.82) is 0 Å². The zero-order chi connectivity index (χ0) is 9.97. The van der Waals surface area contributed by atoms with E-state index in [9.17, 15) is 4.79 Å². The molecule has 0 N–H and O–H groups in total. The minimum atomic E-state index is 0. The van der Waals surface area contributed by atoms with Crippen molar-refractivity contribution < 1.29 is 9.21 Å². The number of aromatic nitrogens is 1. The second-order valence-corrected chi connectivity index (χ2v) is 3.00. The SMILES string of the molecule is CC(=O)c1cccc(-c2cnco2)c1.Cl. The maximum Gasteiger partial charge on any atom is 0.181 e. The van der Waals surface area contributed by atoms with Crippen molar-refractivity contribution in [2.24, 2.45) is 0 Å². The monoisotopic (exact) mass is 223 g/mol. The van der Waals surface area contributed by atoms with Gasteiger partial charge in [-0.2, -0.15) is 0 Å². The van der Waals surface area contributed by atoms with Gasteiger partial charge in [0, 0.05) is 11.1 Å². The highest BCUT2D eigenvalue weighted by molar-refractivity contribution is 5.95. The van der Waals surface area contributed by atoms with Gasteiger partial charge in [0.15, 0.2) is 17.9 Å². The fourth-order valence-electron chi connectivity index (χ4n) is 1.25. The van der Waals surface area contributed by atoms with Gasteiger partial charge in [-0.05, 0) is 13.0 Å². The molecule has 0 radical (unpaired) electrons. The molecule has 4 heteroatoms. The maximum absolute atomic E-state index is 11.1. The molecule has 2 aromatic rings. The van der Waals surface area contributed by atoms with Crippen LogP contribution in [-0.4, -0.2) is 10.8 Å². The summed E-state index contributed by atoms with van der Waals surface area (Å²) in [5.41, 5.74) is 1.55. The Hall–Kier alpha value is -1.61. The summed E-state index contributed by atoms with van der Waals surface area (Å²) in [7, 11) is 0. The molecule has 1 aromatic heterocycles. The van der Waals surface area contributed by atoms with E-state index in [1.54, 1.807) is 25.3 Å². The number of carbonyl (C=O) groups is 1. The summed E-state index contributed by atoms with van der Waals surface area (Å²) in [5, 5.41) is 0. The molecule has 0 saturated heterocycles. The highest BCUT2D eigenvalue weighted by Crippen LogP contribution is 2.19. The number of carbonyl (C=O) groups excluding carboxylic acids is 1. The Bertz CT molecular complexity index is 451. The third-order valence-electron chi connectivity index (χ3n) is 1.99. The zero-order valence-corrected chi connectivity index (χ0v) is 8.95. The summed E-state index contributed by atoms with van der Waals surface area (Å²) >= 11 is 0. The summed E-state index contributed by atoms with van der Waals surface area (Å²) in [6.45, 7) is 1.54. The summed E-state index contributed by atoms with van der Waals surface area (Å²) in [4.78, 5) is 14.9. The van der Waals surface area contributed by atoms with Crippen molar-refractivity contribution in [1.82, 2.24) is 4.98 Å². The number of ketones is 1. The molecular formula is C11H10ClNO2. The topological polar surface area (TPSA) is 43.1 Å². The van der Waals surface area contributed by atoms with Crippen molar-refractivity contribution in [2.75, 3.05) is 0 Å². The Morgan fingerprint density at radius 2 is 2.20 bits per heavy atom. The van der Waals surface area contributed by atoms with Crippen LogP contribution < -0.4 is 0 Å². The van der Waals surface area contributed by atoms with Crippen molar-refractivity contribution in [2.45, 2.75) is 6.92 Å². The molecule has 0 aliphatic heterocycles. The number of halogens is 1. The number of benzene rings is 1. The van der Waals surface area contributed by atoms with Crippen LogP contribution in [0, 0.1) is 0 Å². The minimum Gasteiger partial charge on any atom is -0.444 e. The molecule has 0 aliphatic rings. The third-order valence-corrected chi connectivity index (χ3v) is 1.99. The molecule has 0 aliphatic carbocycles. The first-order chi connectivity index (χ1) is 6.77. The number of rotatable bonds is 2. The van der Waals surface area contributed by atoms with Crippen LogP contribution in [0.2, 0.25) is 0 Å². The lowest BCUT2D eigenvalue weighted by Gasteiger charge is -1.98. The average Bonchev–Trinajstić information content (AvgIpc) is 2.71. The van der Waals surface area contributed by atoms with Crippen LogP contribution in [0.4, 0.5) is 0 Å². The van der Waals surface area contributed by atoms with Crippen LogP contribution in [0.1, 0.15) is 17.3 Å². The van der Waals surface area contributed by atoms with Gasteiger partial charge in [0.1, 0.15) is 0 Å². The zero-order valence-electron chi connectivity index (χ0n) is 8.14. The van der Waals surface area contributed by atoms with Gasteiger partial charge in [0.25, 0.3) is 0 Å². The number of oxazole rings is 1. The smallest absolute Gasteiger partial charge is 0.181 e. The number of hydrogen-bond donors (Lipinski definition) is 0. The van der Waals surface area contributed by atoms with Crippen LogP contribution in [0.5, 0.6) is 0 Å². The van der Waals surface area contributed by atoms with E-state index in [2.05, 4.69) is 4.98 Å². The molecule has 1 aromatic carbocycles. The second-order valence-electron chi connectivity index (χ2n) is 3.00. The summed E-state index contributed by atoms with van der Waals surface area (Å²) in [5.74, 6) is 0.722. The molecule has 15 heavy (non-hydrogen) atoms. The predicted molar refractivity (Wildman–Crippen MR) is 59.2 cm³/mol. The molecule has 0 fully saturated rings. The van der Waals surface area contributed by atoms with Crippen LogP contribution in [0.3, 0.4) is 0 Å². The Morgan fingerprint density at radius 3 is 2.80 bits per heavy atom. The molecule has 0 atom stereocenters. The molecule has 2 rings (SSSR count). The highest BCUT2D eigenvalue weighted by Gasteiger charge is 2.04. The molecule has 0 unspecified atom stereocenters. The van der Waals surface area contributed by atoms with Crippen LogP contribution in [-0.2, 0) is 0 Å². The van der Waals surface area contributed by atoms with Gasteiger partial charge in [-0.1, -0.05) is 18.2 Å². The van der Waals surface area contributed by atoms with Gasteiger partial charge in [-0.3, -0.25) is 4.79 Å². The number of nitrogens with zero attached hydrogens (tertiary/aromatic N) is 1.